The van der Waals surface area contributed by atoms with Gasteiger partial charge in [-0.25, -0.2) is 4.79 Å². The molecule has 1 fully saturated rings. The van der Waals surface area contributed by atoms with Crippen molar-refractivity contribution in [3.63, 3.8) is 0 Å². The van der Waals surface area contributed by atoms with Gasteiger partial charge in [0.2, 0.25) is 0 Å². The molecule has 2 rings (SSSR count). The lowest BCUT2D eigenvalue weighted by Gasteiger charge is -2.21. The van der Waals surface area contributed by atoms with Gasteiger partial charge >= 0.3 is 5.97 Å². The Morgan fingerprint density at radius 1 is 1.56 bits per heavy atom. The summed E-state index contributed by atoms with van der Waals surface area (Å²) in [5, 5.41) is 12.5. The summed E-state index contributed by atoms with van der Waals surface area (Å²) >= 11 is 0. The Balaban J connectivity index is 2.15. The minimum Gasteiger partial charge on any atom is -0.478 e. The second-order valence-corrected chi connectivity index (χ2v) is 4.91. The molecule has 2 atom stereocenters. The van der Waals surface area contributed by atoms with Crippen LogP contribution in [0.25, 0.3) is 0 Å². The molecular formula is C14H19NO3. The number of carboxylic acids is 1. The summed E-state index contributed by atoms with van der Waals surface area (Å²) in [7, 11) is 0. The zero-order chi connectivity index (χ0) is 13.1. The van der Waals surface area contributed by atoms with Crippen molar-refractivity contribution in [2.75, 3.05) is 18.5 Å². The third kappa shape index (κ3) is 2.82. The van der Waals surface area contributed by atoms with E-state index < -0.39 is 5.97 Å². The van der Waals surface area contributed by atoms with Crippen LogP contribution in [0.15, 0.2) is 18.2 Å². The number of benzene rings is 1. The monoisotopic (exact) mass is 249 g/mol. The molecule has 0 radical (unpaired) electrons. The van der Waals surface area contributed by atoms with Gasteiger partial charge in [0.1, 0.15) is 0 Å². The third-order valence-electron chi connectivity index (χ3n) is 3.46. The molecule has 1 aromatic carbocycles. The quantitative estimate of drug-likeness (QED) is 0.861. The fourth-order valence-corrected chi connectivity index (χ4v) is 2.27. The predicted molar refractivity (Wildman–Crippen MR) is 70.1 cm³/mol. The van der Waals surface area contributed by atoms with Gasteiger partial charge in [-0.05, 0) is 32.4 Å². The number of carboxylic acid groups (broad SMARTS) is 1. The SMILES string of the molecule is Cc1ccc(NC(C)C2CCOC2)c(C(=O)O)c1. The normalized spacial score (nSPS) is 20.7. The summed E-state index contributed by atoms with van der Waals surface area (Å²) in [5.41, 5.74) is 1.98. The number of hydrogen-bond donors (Lipinski definition) is 2. The lowest BCUT2D eigenvalue weighted by molar-refractivity contribution is 0.0697. The highest BCUT2D eigenvalue weighted by molar-refractivity contribution is 5.94. The molecular weight excluding hydrogens is 230 g/mol. The number of hydrogen-bond acceptors (Lipinski definition) is 3. The molecule has 2 N–H and O–H groups in total. The molecule has 18 heavy (non-hydrogen) atoms. The highest BCUT2D eigenvalue weighted by atomic mass is 16.5. The molecule has 0 spiro atoms. The van der Waals surface area contributed by atoms with Gasteiger partial charge in [-0.15, -0.1) is 0 Å². The van der Waals surface area contributed by atoms with Crippen LogP contribution in [0.2, 0.25) is 0 Å². The van der Waals surface area contributed by atoms with Gasteiger partial charge in [-0.1, -0.05) is 11.6 Å². The van der Waals surface area contributed by atoms with Crippen LogP contribution < -0.4 is 5.32 Å². The second-order valence-electron chi connectivity index (χ2n) is 4.91. The summed E-state index contributed by atoms with van der Waals surface area (Å²) in [4.78, 5) is 11.2. The lowest BCUT2D eigenvalue weighted by Crippen LogP contribution is -2.27. The van der Waals surface area contributed by atoms with E-state index in [9.17, 15) is 9.90 Å². The second kappa shape index (κ2) is 5.40. The Bertz CT molecular complexity index is 439. The van der Waals surface area contributed by atoms with Gasteiger partial charge < -0.3 is 15.2 Å². The van der Waals surface area contributed by atoms with Crippen LogP contribution in [-0.2, 0) is 4.74 Å². The number of rotatable bonds is 4. The summed E-state index contributed by atoms with van der Waals surface area (Å²) in [6.45, 7) is 5.52. The average molecular weight is 249 g/mol. The van der Waals surface area contributed by atoms with Crippen LogP contribution in [0.1, 0.15) is 29.3 Å². The molecule has 2 unspecified atom stereocenters. The van der Waals surface area contributed by atoms with Crippen LogP contribution in [0, 0.1) is 12.8 Å². The zero-order valence-electron chi connectivity index (χ0n) is 10.8. The Hall–Kier alpha value is -1.55. The maximum absolute atomic E-state index is 11.2. The molecule has 1 aliphatic rings. The van der Waals surface area contributed by atoms with Crippen LogP contribution >= 0.6 is 0 Å². The number of anilines is 1. The molecule has 0 saturated carbocycles. The van der Waals surface area contributed by atoms with E-state index in [1.807, 2.05) is 19.1 Å². The van der Waals surface area contributed by atoms with Crippen LogP contribution in [0.3, 0.4) is 0 Å². The van der Waals surface area contributed by atoms with Gasteiger partial charge in [-0.2, -0.15) is 0 Å². The number of aromatic carboxylic acids is 1. The van der Waals surface area contributed by atoms with E-state index in [0.29, 0.717) is 17.2 Å². The molecule has 98 valence electrons. The largest absolute Gasteiger partial charge is 0.478 e. The van der Waals surface area contributed by atoms with E-state index in [4.69, 9.17) is 4.74 Å². The summed E-state index contributed by atoms with van der Waals surface area (Å²) in [6, 6.07) is 5.67. The standard InChI is InChI=1S/C14H19NO3/c1-9-3-4-13(12(7-9)14(16)17)15-10(2)11-5-6-18-8-11/h3-4,7,10-11,15H,5-6,8H2,1-2H3,(H,16,17). The van der Waals surface area contributed by atoms with Crippen molar-refractivity contribution in [2.45, 2.75) is 26.3 Å². The number of ether oxygens (including phenoxy) is 1. The average Bonchev–Trinajstić information content (AvgIpc) is 2.84. The molecule has 1 aromatic rings. The maximum Gasteiger partial charge on any atom is 0.337 e. The van der Waals surface area contributed by atoms with Crippen molar-refractivity contribution in [3.8, 4) is 0 Å². The predicted octanol–water partition coefficient (Wildman–Crippen LogP) is 2.53. The Morgan fingerprint density at radius 3 is 2.94 bits per heavy atom. The van der Waals surface area contributed by atoms with Gasteiger partial charge in [0, 0.05) is 24.3 Å². The van der Waals surface area contributed by atoms with E-state index in [0.717, 1.165) is 25.2 Å². The molecule has 4 heteroatoms. The maximum atomic E-state index is 11.2. The first-order valence-corrected chi connectivity index (χ1v) is 6.26. The smallest absolute Gasteiger partial charge is 0.337 e. The van der Waals surface area contributed by atoms with Crippen LogP contribution in [0.4, 0.5) is 5.69 Å². The molecule has 0 aromatic heterocycles. The first-order chi connectivity index (χ1) is 8.58. The van der Waals surface area contributed by atoms with E-state index in [2.05, 4.69) is 12.2 Å². The fourth-order valence-electron chi connectivity index (χ4n) is 2.27. The summed E-state index contributed by atoms with van der Waals surface area (Å²) in [5.74, 6) is -0.441. The van der Waals surface area contributed by atoms with Gasteiger partial charge in [-0.3, -0.25) is 0 Å². The first kappa shape index (κ1) is 12.9. The van der Waals surface area contributed by atoms with Crippen molar-refractivity contribution >= 4 is 11.7 Å². The zero-order valence-corrected chi connectivity index (χ0v) is 10.8. The highest BCUT2D eigenvalue weighted by Gasteiger charge is 2.23. The molecule has 0 bridgehead atoms. The Labute approximate surface area is 107 Å². The fraction of sp³-hybridized carbons (Fsp3) is 0.500. The van der Waals surface area contributed by atoms with Crippen molar-refractivity contribution in [3.05, 3.63) is 29.3 Å². The van der Waals surface area contributed by atoms with Crippen molar-refractivity contribution in [2.24, 2.45) is 5.92 Å². The van der Waals surface area contributed by atoms with E-state index >= 15 is 0 Å². The molecule has 1 saturated heterocycles. The van der Waals surface area contributed by atoms with Crippen LogP contribution in [-0.4, -0.2) is 30.3 Å². The van der Waals surface area contributed by atoms with Crippen molar-refractivity contribution in [1.29, 1.82) is 0 Å². The van der Waals surface area contributed by atoms with Gasteiger partial charge in [0.15, 0.2) is 0 Å². The summed E-state index contributed by atoms with van der Waals surface area (Å²) in [6.07, 6.45) is 1.03. The van der Waals surface area contributed by atoms with Gasteiger partial charge in [0.25, 0.3) is 0 Å². The lowest BCUT2D eigenvalue weighted by atomic mass is 9.99. The summed E-state index contributed by atoms with van der Waals surface area (Å²) < 4.78 is 5.36. The number of aryl methyl sites for hydroxylation is 1. The molecule has 1 heterocycles. The third-order valence-corrected chi connectivity index (χ3v) is 3.46. The molecule has 0 amide bonds. The Morgan fingerprint density at radius 2 is 2.33 bits per heavy atom. The van der Waals surface area contributed by atoms with Crippen molar-refractivity contribution < 1.29 is 14.6 Å². The van der Waals surface area contributed by atoms with Crippen molar-refractivity contribution in [1.82, 2.24) is 0 Å². The molecule has 4 nitrogen and oxygen atoms in total. The minimum atomic E-state index is -0.893. The topological polar surface area (TPSA) is 58.6 Å². The first-order valence-electron chi connectivity index (χ1n) is 6.26. The number of carbonyl (C=O) groups is 1. The highest BCUT2D eigenvalue weighted by Crippen LogP contribution is 2.23. The minimum absolute atomic E-state index is 0.216. The molecule has 1 aliphatic heterocycles. The van der Waals surface area contributed by atoms with E-state index in [-0.39, 0.29) is 6.04 Å². The van der Waals surface area contributed by atoms with Crippen LogP contribution in [0.5, 0.6) is 0 Å². The molecule has 0 aliphatic carbocycles. The number of nitrogens with one attached hydrogen (secondary N) is 1. The van der Waals surface area contributed by atoms with E-state index in [1.54, 1.807) is 6.07 Å². The Kier molecular flexibility index (Phi) is 3.87. The van der Waals surface area contributed by atoms with E-state index in [1.165, 1.54) is 0 Å². The van der Waals surface area contributed by atoms with Gasteiger partial charge in [0.05, 0.1) is 12.2 Å².